The number of nitrogens with zero attached hydrogens (tertiary/aromatic N) is 1. The van der Waals surface area contributed by atoms with E-state index in [-0.39, 0.29) is 12.6 Å². The Balaban J connectivity index is 3.35. The molecule has 0 aromatic carbocycles. The maximum atomic E-state index is 10.3. The highest BCUT2D eigenvalue weighted by atomic mass is 16.3. The number of aliphatic hydroxyl groups is 1. The van der Waals surface area contributed by atoms with Gasteiger partial charge in [-0.15, -0.1) is 6.58 Å². The number of nitroso groups, excluding NO2 is 1. The van der Waals surface area contributed by atoms with Gasteiger partial charge in [0.05, 0.1) is 6.04 Å². The lowest BCUT2D eigenvalue weighted by Gasteiger charge is -2.06. The van der Waals surface area contributed by atoms with Gasteiger partial charge in [0.25, 0.3) is 0 Å². The Kier molecular flexibility index (Phi) is 8.88. The molecule has 0 aliphatic carbocycles. The van der Waals surface area contributed by atoms with Crippen LogP contribution < -0.4 is 0 Å². The molecule has 0 aromatic rings. The monoisotopic (exact) mass is 185 g/mol. The number of unbranched alkanes of at least 4 members (excludes halogenated alkanes) is 2. The molecular weight excluding hydrogens is 166 g/mol. The molecule has 0 aromatic heterocycles. The van der Waals surface area contributed by atoms with Crippen molar-refractivity contribution in [3.63, 3.8) is 0 Å². The van der Waals surface area contributed by atoms with Crippen LogP contribution in [-0.4, -0.2) is 17.8 Å². The smallest absolute Gasteiger partial charge is 0.0920 e. The van der Waals surface area contributed by atoms with Gasteiger partial charge in [-0.05, 0) is 32.1 Å². The molecule has 0 aliphatic rings. The Hall–Kier alpha value is -0.700. The second kappa shape index (κ2) is 9.39. The molecule has 3 nitrogen and oxygen atoms in total. The molecular formula is C10H19NO2. The molecule has 3 heteroatoms. The summed E-state index contributed by atoms with van der Waals surface area (Å²) in [4.78, 5) is 10.3. The van der Waals surface area contributed by atoms with Gasteiger partial charge in [-0.25, -0.2) is 0 Å². The fraction of sp³-hybridized carbons (Fsp3) is 0.800. The van der Waals surface area contributed by atoms with E-state index >= 15 is 0 Å². The maximum absolute atomic E-state index is 10.3. The third-order valence-electron chi connectivity index (χ3n) is 2.04. The highest BCUT2D eigenvalue weighted by molar-refractivity contribution is 4.69. The van der Waals surface area contributed by atoms with Gasteiger partial charge in [0, 0.05) is 6.61 Å². The van der Waals surface area contributed by atoms with Gasteiger partial charge in [0.15, 0.2) is 0 Å². The number of aliphatic hydroxyl groups excluding tert-OH is 1. The van der Waals surface area contributed by atoms with Gasteiger partial charge < -0.3 is 5.11 Å². The average Bonchev–Trinajstić information content (AvgIpc) is 2.17. The summed E-state index contributed by atoms with van der Waals surface area (Å²) in [6.45, 7) is 3.78. The molecule has 0 radical (unpaired) electrons. The molecule has 0 aliphatic heterocycles. The van der Waals surface area contributed by atoms with E-state index in [1.54, 1.807) is 0 Å². The number of rotatable bonds is 9. The topological polar surface area (TPSA) is 49.7 Å². The van der Waals surface area contributed by atoms with Gasteiger partial charge in [-0.2, -0.15) is 4.91 Å². The van der Waals surface area contributed by atoms with Gasteiger partial charge in [-0.3, -0.25) is 0 Å². The van der Waals surface area contributed by atoms with Gasteiger partial charge >= 0.3 is 0 Å². The standard InChI is InChI=1S/C10H19NO2/c1-2-3-4-5-7-10(11-13)8-6-9-12/h2,10,12H,1,3-9H2. The van der Waals surface area contributed by atoms with Crippen molar-refractivity contribution in [3.05, 3.63) is 17.6 Å². The van der Waals surface area contributed by atoms with Crippen molar-refractivity contribution in [2.45, 2.75) is 44.6 Å². The van der Waals surface area contributed by atoms with Gasteiger partial charge in [0.1, 0.15) is 0 Å². The highest BCUT2D eigenvalue weighted by Crippen LogP contribution is 2.11. The molecule has 13 heavy (non-hydrogen) atoms. The van der Waals surface area contributed by atoms with E-state index in [4.69, 9.17) is 5.11 Å². The van der Waals surface area contributed by atoms with Crippen molar-refractivity contribution in [3.8, 4) is 0 Å². The van der Waals surface area contributed by atoms with E-state index in [2.05, 4.69) is 11.8 Å². The Morgan fingerprint density at radius 2 is 2.00 bits per heavy atom. The lowest BCUT2D eigenvalue weighted by atomic mass is 10.0. The Morgan fingerprint density at radius 1 is 1.31 bits per heavy atom. The zero-order chi connectivity index (χ0) is 9.94. The lowest BCUT2D eigenvalue weighted by molar-refractivity contribution is 0.278. The summed E-state index contributed by atoms with van der Waals surface area (Å²) in [6, 6.07) is -0.100. The first-order valence-corrected chi connectivity index (χ1v) is 4.89. The number of hydrogen-bond acceptors (Lipinski definition) is 3. The summed E-state index contributed by atoms with van der Waals surface area (Å²) in [7, 11) is 0. The lowest BCUT2D eigenvalue weighted by Crippen LogP contribution is -2.04. The predicted octanol–water partition coefficient (Wildman–Crippen LogP) is 2.64. The van der Waals surface area contributed by atoms with Crippen molar-refractivity contribution < 1.29 is 5.11 Å². The van der Waals surface area contributed by atoms with E-state index < -0.39 is 0 Å². The van der Waals surface area contributed by atoms with E-state index in [1.807, 2.05) is 6.08 Å². The zero-order valence-corrected chi connectivity index (χ0v) is 8.11. The van der Waals surface area contributed by atoms with Crippen LogP contribution in [0.2, 0.25) is 0 Å². The fourth-order valence-electron chi connectivity index (χ4n) is 1.25. The molecule has 1 atom stereocenters. The van der Waals surface area contributed by atoms with Crippen LogP contribution in [0.3, 0.4) is 0 Å². The van der Waals surface area contributed by atoms with Crippen LogP contribution in [0.5, 0.6) is 0 Å². The normalized spacial score (nSPS) is 12.4. The first-order valence-electron chi connectivity index (χ1n) is 4.89. The minimum Gasteiger partial charge on any atom is -0.396 e. The first-order chi connectivity index (χ1) is 6.35. The van der Waals surface area contributed by atoms with Crippen LogP contribution in [0.4, 0.5) is 0 Å². The van der Waals surface area contributed by atoms with Crippen LogP contribution in [0.1, 0.15) is 38.5 Å². The van der Waals surface area contributed by atoms with Crippen LogP contribution in [0.25, 0.3) is 0 Å². The second-order valence-corrected chi connectivity index (χ2v) is 3.20. The van der Waals surface area contributed by atoms with E-state index in [0.29, 0.717) is 12.8 Å². The van der Waals surface area contributed by atoms with Gasteiger partial charge in [0.2, 0.25) is 0 Å². The molecule has 1 N–H and O–H groups in total. The molecule has 0 heterocycles. The molecule has 1 unspecified atom stereocenters. The number of hydrogen-bond donors (Lipinski definition) is 1. The van der Waals surface area contributed by atoms with Crippen LogP contribution in [-0.2, 0) is 0 Å². The average molecular weight is 185 g/mol. The summed E-state index contributed by atoms with van der Waals surface area (Å²) in [5.74, 6) is 0. The van der Waals surface area contributed by atoms with E-state index in [9.17, 15) is 4.91 Å². The molecule has 76 valence electrons. The second-order valence-electron chi connectivity index (χ2n) is 3.20. The SMILES string of the molecule is C=CCCCCC(CCCO)N=O. The minimum atomic E-state index is -0.100. The molecule has 0 bridgehead atoms. The third-order valence-corrected chi connectivity index (χ3v) is 2.04. The van der Waals surface area contributed by atoms with Crippen LogP contribution in [0, 0.1) is 4.91 Å². The Bertz CT molecular complexity index is 137. The molecule has 0 saturated heterocycles. The van der Waals surface area contributed by atoms with E-state index in [0.717, 1.165) is 25.7 Å². The predicted molar refractivity (Wildman–Crippen MR) is 54.6 cm³/mol. The summed E-state index contributed by atoms with van der Waals surface area (Å²) in [5, 5.41) is 11.6. The molecule has 0 amide bonds. The minimum absolute atomic E-state index is 0.100. The van der Waals surface area contributed by atoms with Crippen LogP contribution >= 0.6 is 0 Å². The first kappa shape index (κ1) is 12.3. The maximum Gasteiger partial charge on any atom is 0.0920 e. The quantitative estimate of drug-likeness (QED) is 0.341. The zero-order valence-electron chi connectivity index (χ0n) is 8.11. The highest BCUT2D eigenvalue weighted by Gasteiger charge is 2.06. The summed E-state index contributed by atoms with van der Waals surface area (Å²) < 4.78 is 0. The number of allylic oxidation sites excluding steroid dienone is 1. The molecule has 0 rings (SSSR count). The molecule has 0 spiro atoms. The van der Waals surface area contributed by atoms with Crippen LogP contribution in [0.15, 0.2) is 17.8 Å². The van der Waals surface area contributed by atoms with Crippen molar-refractivity contribution in [2.24, 2.45) is 5.18 Å². The summed E-state index contributed by atoms with van der Waals surface area (Å²) in [5.41, 5.74) is 0. The van der Waals surface area contributed by atoms with Crippen molar-refractivity contribution in [2.75, 3.05) is 6.61 Å². The largest absolute Gasteiger partial charge is 0.396 e. The van der Waals surface area contributed by atoms with Crippen molar-refractivity contribution in [1.82, 2.24) is 0 Å². The fourth-order valence-corrected chi connectivity index (χ4v) is 1.25. The van der Waals surface area contributed by atoms with Crippen molar-refractivity contribution >= 4 is 0 Å². The molecule has 0 fully saturated rings. The summed E-state index contributed by atoms with van der Waals surface area (Å²) in [6.07, 6.45) is 7.23. The summed E-state index contributed by atoms with van der Waals surface area (Å²) >= 11 is 0. The van der Waals surface area contributed by atoms with Crippen molar-refractivity contribution in [1.29, 1.82) is 0 Å². The molecule has 0 saturated carbocycles. The van der Waals surface area contributed by atoms with E-state index in [1.165, 1.54) is 0 Å². The third kappa shape index (κ3) is 7.65. The Labute approximate surface area is 79.8 Å². The Morgan fingerprint density at radius 3 is 2.54 bits per heavy atom. The van der Waals surface area contributed by atoms with Gasteiger partial charge in [-0.1, -0.05) is 17.7 Å².